The average molecular weight is 342 g/mol. The average Bonchev–Trinajstić information content (AvgIpc) is 3.00. The molecule has 138 valence electrons. The van der Waals surface area contributed by atoms with E-state index in [1.807, 2.05) is 20.8 Å². The lowest BCUT2D eigenvalue weighted by atomic mass is 10.0. The third kappa shape index (κ3) is 6.32. The van der Waals surface area contributed by atoms with Crippen molar-refractivity contribution in [3.05, 3.63) is 12.2 Å². The first-order chi connectivity index (χ1) is 11.1. The van der Waals surface area contributed by atoms with Crippen LogP contribution in [0.15, 0.2) is 12.2 Å². The number of rotatable bonds is 10. The number of nitrogens with one attached hydrogen (secondary N) is 1. The van der Waals surface area contributed by atoms with Gasteiger partial charge in [0.25, 0.3) is 0 Å². The molecule has 0 aliphatic carbocycles. The minimum Gasteiger partial charge on any atom is -0.374 e. The van der Waals surface area contributed by atoms with Gasteiger partial charge in [-0.25, -0.2) is 4.39 Å². The molecule has 0 radical (unpaired) electrons. The first-order valence-corrected chi connectivity index (χ1v) is 8.55. The summed E-state index contributed by atoms with van der Waals surface area (Å²) < 4.78 is 18.6. The Morgan fingerprint density at radius 3 is 2.58 bits per heavy atom. The van der Waals surface area contributed by atoms with Crippen molar-refractivity contribution in [1.29, 1.82) is 0 Å². The molecule has 5 nitrogen and oxygen atoms in total. The van der Waals surface area contributed by atoms with Crippen LogP contribution in [0.1, 0.15) is 47.5 Å². The SMILES string of the molecule is CCNC(C)(C)COC(C)(C)CCC(=O)N1CC=CC1C(=O)CF. The van der Waals surface area contributed by atoms with Crippen molar-refractivity contribution in [3.8, 4) is 0 Å². The van der Waals surface area contributed by atoms with E-state index >= 15 is 0 Å². The number of ketones is 1. The zero-order valence-electron chi connectivity index (χ0n) is 15.5. The van der Waals surface area contributed by atoms with Crippen molar-refractivity contribution in [2.24, 2.45) is 0 Å². The van der Waals surface area contributed by atoms with Gasteiger partial charge in [0, 0.05) is 18.5 Å². The molecule has 1 aliphatic heterocycles. The van der Waals surface area contributed by atoms with E-state index in [4.69, 9.17) is 4.74 Å². The molecule has 0 bridgehead atoms. The summed E-state index contributed by atoms with van der Waals surface area (Å²) in [5, 5.41) is 3.35. The Morgan fingerprint density at radius 2 is 2.00 bits per heavy atom. The van der Waals surface area contributed by atoms with E-state index in [9.17, 15) is 14.0 Å². The minimum absolute atomic E-state index is 0.131. The van der Waals surface area contributed by atoms with Crippen molar-refractivity contribution in [3.63, 3.8) is 0 Å². The quantitative estimate of drug-likeness (QED) is 0.619. The molecule has 1 rings (SSSR count). The van der Waals surface area contributed by atoms with E-state index in [2.05, 4.69) is 19.2 Å². The fourth-order valence-corrected chi connectivity index (χ4v) is 2.67. The maximum atomic E-state index is 12.6. The summed E-state index contributed by atoms with van der Waals surface area (Å²) in [6, 6.07) is -0.751. The second kappa shape index (κ2) is 8.72. The first kappa shape index (κ1) is 20.8. The number of alkyl halides is 1. The highest BCUT2D eigenvalue weighted by atomic mass is 19.1. The molecule has 0 aromatic carbocycles. The summed E-state index contributed by atoms with van der Waals surface area (Å²) in [7, 11) is 0. The van der Waals surface area contributed by atoms with Crippen LogP contribution in [0.2, 0.25) is 0 Å². The van der Waals surface area contributed by atoms with Crippen LogP contribution in [0.25, 0.3) is 0 Å². The topological polar surface area (TPSA) is 58.6 Å². The molecule has 1 unspecified atom stereocenters. The van der Waals surface area contributed by atoms with Crippen molar-refractivity contribution < 1.29 is 18.7 Å². The second-order valence-electron chi connectivity index (χ2n) is 7.48. The normalized spacial score (nSPS) is 18.2. The number of carbonyl (C=O) groups excluding carboxylic acids is 2. The fraction of sp³-hybridized carbons (Fsp3) is 0.778. The molecular weight excluding hydrogens is 311 g/mol. The monoisotopic (exact) mass is 342 g/mol. The Bertz CT molecular complexity index is 475. The number of likely N-dealkylation sites (N-methyl/N-ethyl adjacent to an activating group) is 1. The molecule has 1 atom stereocenters. The summed E-state index contributed by atoms with van der Waals surface area (Å²) in [4.78, 5) is 25.4. The van der Waals surface area contributed by atoms with E-state index in [0.29, 0.717) is 19.6 Å². The van der Waals surface area contributed by atoms with Crippen molar-refractivity contribution in [2.75, 3.05) is 26.4 Å². The Labute approximate surface area is 144 Å². The number of halogens is 1. The minimum atomic E-state index is -1.05. The lowest BCUT2D eigenvalue weighted by molar-refractivity contribution is -0.138. The van der Waals surface area contributed by atoms with E-state index in [-0.39, 0.29) is 17.9 Å². The van der Waals surface area contributed by atoms with Gasteiger partial charge in [0.15, 0.2) is 12.5 Å². The lowest BCUT2D eigenvalue weighted by Crippen LogP contribution is -2.46. The predicted molar refractivity (Wildman–Crippen MR) is 92.6 cm³/mol. The van der Waals surface area contributed by atoms with E-state index in [1.54, 1.807) is 12.2 Å². The predicted octanol–water partition coefficient (Wildman–Crippen LogP) is 2.26. The molecule has 0 aromatic rings. The van der Waals surface area contributed by atoms with Gasteiger partial charge in [-0.2, -0.15) is 0 Å². The third-order valence-corrected chi connectivity index (χ3v) is 4.16. The zero-order valence-corrected chi connectivity index (χ0v) is 15.5. The molecule has 1 amide bonds. The Morgan fingerprint density at radius 1 is 1.33 bits per heavy atom. The first-order valence-electron chi connectivity index (χ1n) is 8.55. The van der Waals surface area contributed by atoms with E-state index in [1.165, 1.54) is 4.90 Å². The Balaban J connectivity index is 2.49. The van der Waals surface area contributed by atoms with Gasteiger partial charge in [0.05, 0.1) is 12.2 Å². The number of Topliss-reactive ketones (excluding diaryl/α,β-unsaturated/α-hetero) is 1. The van der Waals surface area contributed by atoms with Gasteiger partial charge in [-0.1, -0.05) is 19.1 Å². The molecule has 0 spiro atoms. The van der Waals surface area contributed by atoms with Crippen molar-refractivity contribution in [1.82, 2.24) is 10.2 Å². The van der Waals surface area contributed by atoms with Gasteiger partial charge in [0.1, 0.15) is 6.04 Å². The maximum absolute atomic E-state index is 12.6. The van der Waals surface area contributed by atoms with Crippen LogP contribution in [0, 0.1) is 0 Å². The van der Waals surface area contributed by atoms with Crippen LogP contribution >= 0.6 is 0 Å². The Kier molecular flexibility index (Phi) is 7.55. The molecule has 1 aliphatic rings. The van der Waals surface area contributed by atoms with Crippen LogP contribution < -0.4 is 5.32 Å². The highest BCUT2D eigenvalue weighted by Crippen LogP contribution is 2.21. The molecule has 1 N–H and O–H groups in total. The summed E-state index contributed by atoms with van der Waals surface area (Å²) in [5.41, 5.74) is -0.581. The third-order valence-electron chi connectivity index (χ3n) is 4.16. The molecule has 6 heteroatoms. The largest absolute Gasteiger partial charge is 0.374 e. The number of carbonyl (C=O) groups is 2. The van der Waals surface area contributed by atoms with Gasteiger partial charge in [0.2, 0.25) is 5.91 Å². The molecular formula is C18H31FN2O3. The maximum Gasteiger partial charge on any atom is 0.223 e. The van der Waals surface area contributed by atoms with Crippen LogP contribution in [0.3, 0.4) is 0 Å². The van der Waals surface area contributed by atoms with Crippen LogP contribution in [0.5, 0.6) is 0 Å². The Hall–Kier alpha value is -1.27. The van der Waals surface area contributed by atoms with Gasteiger partial charge in [-0.15, -0.1) is 0 Å². The van der Waals surface area contributed by atoms with Gasteiger partial charge < -0.3 is 15.0 Å². The second-order valence-corrected chi connectivity index (χ2v) is 7.48. The molecule has 24 heavy (non-hydrogen) atoms. The summed E-state index contributed by atoms with van der Waals surface area (Å²) in [5.74, 6) is -0.714. The highest BCUT2D eigenvalue weighted by Gasteiger charge is 2.31. The molecule has 0 aromatic heterocycles. The number of amides is 1. The lowest BCUT2D eigenvalue weighted by Gasteiger charge is -2.33. The van der Waals surface area contributed by atoms with E-state index < -0.39 is 24.1 Å². The van der Waals surface area contributed by atoms with Gasteiger partial charge >= 0.3 is 0 Å². The smallest absolute Gasteiger partial charge is 0.223 e. The van der Waals surface area contributed by atoms with Crippen LogP contribution in [-0.4, -0.2) is 60.1 Å². The van der Waals surface area contributed by atoms with Crippen LogP contribution in [0.4, 0.5) is 4.39 Å². The highest BCUT2D eigenvalue weighted by molar-refractivity contribution is 5.92. The van der Waals surface area contributed by atoms with E-state index in [0.717, 1.165) is 6.54 Å². The number of nitrogens with zero attached hydrogens (tertiary/aromatic N) is 1. The van der Waals surface area contributed by atoms with Gasteiger partial charge in [-0.05, 0) is 40.7 Å². The summed E-state index contributed by atoms with van der Waals surface area (Å²) in [6.45, 7) is 10.8. The summed E-state index contributed by atoms with van der Waals surface area (Å²) >= 11 is 0. The fourth-order valence-electron chi connectivity index (χ4n) is 2.67. The molecule has 1 heterocycles. The molecule has 0 saturated carbocycles. The number of ether oxygens (including phenoxy) is 1. The standard InChI is InChI=1S/C18H31FN2O3/c1-6-20-17(2,3)13-24-18(4,5)10-9-16(23)21-11-7-8-14(21)15(22)12-19/h7-8,14,20H,6,9-13H2,1-5H3. The number of hydrogen-bond acceptors (Lipinski definition) is 4. The number of hydrogen-bond donors (Lipinski definition) is 1. The van der Waals surface area contributed by atoms with Crippen LogP contribution in [-0.2, 0) is 14.3 Å². The van der Waals surface area contributed by atoms with Gasteiger partial charge in [-0.3, -0.25) is 9.59 Å². The summed E-state index contributed by atoms with van der Waals surface area (Å²) in [6.07, 6.45) is 4.14. The molecule has 0 fully saturated rings. The van der Waals surface area contributed by atoms with Crippen molar-refractivity contribution >= 4 is 11.7 Å². The zero-order chi connectivity index (χ0) is 18.4. The van der Waals surface area contributed by atoms with Crippen molar-refractivity contribution in [2.45, 2.75) is 64.6 Å². The molecule has 0 saturated heterocycles.